The molecular formula is C17H27NO2. The smallest absolute Gasteiger partial charge is 0.125 e. The maximum absolute atomic E-state index is 10.2. The Bertz CT molecular complexity index is 431. The molecule has 0 radical (unpaired) electrons. The summed E-state index contributed by atoms with van der Waals surface area (Å²) >= 11 is 0. The Hall–Kier alpha value is -1.22. The number of anilines is 1. The molecule has 3 unspecified atom stereocenters. The molecule has 0 heterocycles. The van der Waals surface area contributed by atoms with Gasteiger partial charge in [0.15, 0.2) is 0 Å². The van der Waals surface area contributed by atoms with Crippen LogP contribution in [0.5, 0.6) is 5.75 Å². The van der Waals surface area contributed by atoms with Crippen molar-refractivity contribution >= 4 is 5.69 Å². The van der Waals surface area contributed by atoms with Crippen LogP contribution in [0.15, 0.2) is 24.3 Å². The number of ether oxygens (including phenoxy) is 1. The molecule has 1 fully saturated rings. The van der Waals surface area contributed by atoms with Crippen molar-refractivity contribution in [2.75, 3.05) is 19.0 Å². The van der Waals surface area contributed by atoms with E-state index in [1.54, 1.807) is 0 Å². The van der Waals surface area contributed by atoms with Crippen LogP contribution in [-0.2, 0) is 0 Å². The maximum atomic E-state index is 10.2. The number of benzene rings is 1. The number of nitrogens with zero attached hydrogens (tertiary/aromatic N) is 1. The van der Waals surface area contributed by atoms with E-state index in [-0.39, 0.29) is 12.2 Å². The van der Waals surface area contributed by atoms with Crippen molar-refractivity contribution in [3.63, 3.8) is 0 Å². The third-order valence-corrected chi connectivity index (χ3v) is 4.36. The molecule has 1 N–H and O–H groups in total. The zero-order chi connectivity index (χ0) is 14.7. The summed E-state index contributed by atoms with van der Waals surface area (Å²) in [5.74, 6) is 2.16. The van der Waals surface area contributed by atoms with Crippen LogP contribution in [0.4, 0.5) is 5.69 Å². The number of hydrogen-bond acceptors (Lipinski definition) is 3. The van der Waals surface area contributed by atoms with E-state index in [2.05, 4.69) is 24.8 Å². The first-order chi connectivity index (χ1) is 9.47. The van der Waals surface area contributed by atoms with Crippen LogP contribution in [0.2, 0.25) is 0 Å². The van der Waals surface area contributed by atoms with Crippen LogP contribution in [0, 0.1) is 11.8 Å². The van der Waals surface area contributed by atoms with Crippen LogP contribution in [0.25, 0.3) is 0 Å². The second kappa shape index (κ2) is 6.49. The van der Waals surface area contributed by atoms with Crippen LogP contribution in [0.1, 0.15) is 33.1 Å². The predicted molar refractivity (Wildman–Crippen MR) is 83.4 cm³/mol. The average molecular weight is 277 g/mol. The average Bonchev–Trinajstić information content (AvgIpc) is 2.41. The maximum Gasteiger partial charge on any atom is 0.125 e. The van der Waals surface area contributed by atoms with Gasteiger partial charge in [0.05, 0.1) is 6.10 Å². The Labute approximate surface area is 122 Å². The van der Waals surface area contributed by atoms with Crippen molar-refractivity contribution in [3.8, 4) is 5.75 Å². The second-order valence-corrected chi connectivity index (χ2v) is 6.43. The van der Waals surface area contributed by atoms with E-state index in [9.17, 15) is 5.11 Å². The fourth-order valence-corrected chi connectivity index (χ4v) is 2.89. The minimum Gasteiger partial charge on any atom is -0.488 e. The summed E-state index contributed by atoms with van der Waals surface area (Å²) in [5, 5.41) is 10.2. The van der Waals surface area contributed by atoms with Crippen LogP contribution >= 0.6 is 0 Å². The van der Waals surface area contributed by atoms with E-state index in [1.807, 2.05) is 32.3 Å². The highest BCUT2D eigenvalue weighted by atomic mass is 16.5. The lowest BCUT2D eigenvalue weighted by molar-refractivity contribution is -0.0176. The third kappa shape index (κ3) is 3.66. The normalized spacial score (nSPS) is 26.6. The summed E-state index contributed by atoms with van der Waals surface area (Å²) in [6.45, 7) is 4.51. The molecule has 20 heavy (non-hydrogen) atoms. The fourth-order valence-electron chi connectivity index (χ4n) is 2.89. The second-order valence-electron chi connectivity index (χ2n) is 6.43. The molecule has 2 rings (SSSR count). The topological polar surface area (TPSA) is 32.7 Å². The highest BCUT2D eigenvalue weighted by molar-refractivity contribution is 5.49. The van der Waals surface area contributed by atoms with Gasteiger partial charge in [0, 0.05) is 25.8 Å². The molecule has 1 aromatic carbocycles. The van der Waals surface area contributed by atoms with Gasteiger partial charge < -0.3 is 14.7 Å². The van der Waals surface area contributed by atoms with Gasteiger partial charge in [-0.1, -0.05) is 19.9 Å². The van der Waals surface area contributed by atoms with Crippen LogP contribution in [-0.4, -0.2) is 31.4 Å². The molecule has 1 aliphatic carbocycles. The predicted octanol–water partition coefficient (Wildman–Crippen LogP) is 3.32. The lowest BCUT2D eigenvalue weighted by atomic mass is 9.79. The first kappa shape index (κ1) is 15.2. The van der Waals surface area contributed by atoms with Gasteiger partial charge in [0.25, 0.3) is 0 Å². The Morgan fingerprint density at radius 2 is 2.00 bits per heavy atom. The van der Waals surface area contributed by atoms with E-state index in [4.69, 9.17) is 4.74 Å². The van der Waals surface area contributed by atoms with Gasteiger partial charge in [0.1, 0.15) is 11.9 Å². The zero-order valence-electron chi connectivity index (χ0n) is 13.0. The highest BCUT2D eigenvalue weighted by Crippen LogP contribution is 2.33. The molecule has 3 atom stereocenters. The number of rotatable bonds is 4. The molecule has 3 heteroatoms. The quantitative estimate of drug-likeness (QED) is 0.916. The Morgan fingerprint density at radius 3 is 2.65 bits per heavy atom. The Balaban J connectivity index is 2.05. The van der Waals surface area contributed by atoms with Gasteiger partial charge in [-0.3, -0.25) is 0 Å². The molecular weight excluding hydrogens is 250 g/mol. The van der Waals surface area contributed by atoms with Crippen LogP contribution in [0.3, 0.4) is 0 Å². The number of aliphatic hydroxyl groups excluding tert-OH is 1. The summed E-state index contributed by atoms with van der Waals surface area (Å²) in [6, 6.07) is 8.06. The summed E-state index contributed by atoms with van der Waals surface area (Å²) in [5.41, 5.74) is 1.12. The Kier molecular flexibility index (Phi) is 4.92. The standard InChI is InChI=1S/C17H27NO2/c1-12(2)13-8-9-16(19)17(10-13)20-15-7-5-6-14(11-15)18(3)4/h5-7,11-13,16-17,19H,8-10H2,1-4H3. The number of aliphatic hydroxyl groups is 1. The summed E-state index contributed by atoms with van der Waals surface area (Å²) in [6.07, 6.45) is 2.49. The lowest BCUT2D eigenvalue weighted by Gasteiger charge is -2.35. The molecule has 3 nitrogen and oxygen atoms in total. The minimum atomic E-state index is -0.340. The van der Waals surface area contributed by atoms with Crippen molar-refractivity contribution in [1.29, 1.82) is 0 Å². The van der Waals surface area contributed by atoms with Crippen molar-refractivity contribution in [3.05, 3.63) is 24.3 Å². The molecule has 1 aromatic rings. The van der Waals surface area contributed by atoms with E-state index < -0.39 is 0 Å². The monoisotopic (exact) mass is 277 g/mol. The largest absolute Gasteiger partial charge is 0.488 e. The zero-order valence-corrected chi connectivity index (χ0v) is 13.0. The summed E-state index contributed by atoms with van der Waals surface area (Å²) < 4.78 is 6.06. The lowest BCUT2D eigenvalue weighted by Crippen LogP contribution is -2.39. The van der Waals surface area contributed by atoms with Crippen molar-refractivity contribution in [2.45, 2.75) is 45.3 Å². The first-order valence-electron chi connectivity index (χ1n) is 7.59. The van der Waals surface area contributed by atoms with Crippen molar-refractivity contribution in [1.82, 2.24) is 0 Å². The van der Waals surface area contributed by atoms with Gasteiger partial charge in [-0.2, -0.15) is 0 Å². The first-order valence-corrected chi connectivity index (χ1v) is 7.59. The van der Waals surface area contributed by atoms with E-state index in [1.165, 1.54) is 0 Å². The Morgan fingerprint density at radius 1 is 1.25 bits per heavy atom. The molecule has 0 spiro atoms. The van der Waals surface area contributed by atoms with Crippen molar-refractivity contribution < 1.29 is 9.84 Å². The molecule has 0 aliphatic heterocycles. The fraction of sp³-hybridized carbons (Fsp3) is 0.647. The van der Waals surface area contributed by atoms with Gasteiger partial charge in [-0.25, -0.2) is 0 Å². The van der Waals surface area contributed by atoms with Gasteiger partial charge in [-0.15, -0.1) is 0 Å². The summed E-state index contributed by atoms with van der Waals surface area (Å²) in [4.78, 5) is 2.06. The van der Waals surface area contributed by atoms with Gasteiger partial charge in [-0.05, 0) is 43.2 Å². The molecule has 0 saturated heterocycles. The van der Waals surface area contributed by atoms with Crippen molar-refractivity contribution in [2.24, 2.45) is 11.8 Å². The molecule has 112 valence electrons. The molecule has 0 aromatic heterocycles. The third-order valence-electron chi connectivity index (χ3n) is 4.36. The molecule has 0 bridgehead atoms. The van der Waals surface area contributed by atoms with Crippen LogP contribution < -0.4 is 9.64 Å². The summed E-state index contributed by atoms with van der Waals surface area (Å²) in [7, 11) is 4.03. The molecule has 1 aliphatic rings. The van der Waals surface area contributed by atoms with Gasteiger partial charge >= 0.3 is 0 Å². The van der Waals surface area contributed by atoms with Gasteiger partial charge in [0.2, 0.25) is 0 Å². The SMILES string of the molecule is CC(C)C1CCC(O)C(Oc2cccc(N(C)C)c2)C1. The number of hydrogen-bond donors (Lipinski definition) is 1. The van der Waals surface area contributed by atoms with E-state index >= 15 is 0 Å². The van der Waals surface area contributed by atoms with E-state index in [0.29, 0.717) is 11.8 Å². The molecule has 0 amide bonds. The van der Waals surface area contributed by atoms with E-state index in [0.717, 1.165) is 30.7 Å². The molecule has 1 saturated carbocycles. The highest BCUT2D eigenvalue weighted by Gasteiger charge is 2.32. The minimum absolute atomic E-state index is 0.0754.